The molecule has 0 spiro atoms. The average Bonchev–Trinajstić information content (AvgIpc) is 3.82. The molecule has 4 aromatic rings. The lowest BCUT2D eigenvalue weighted by atomic mass is 9.63. The maximum atomic E-state index is 13.5. The molecule has 0 N–H and O–H groups in total. The minimum absolute atomic E-state index is 0.127. The lowest BCUT2D eigenvalue weighted by Crippen LogP contribution is -2.40. The van der Waals surface area contributed by atoms with E-state index in [9.17, 15) is 23.6 Å². The Hall–Kier alpha value is -4.69. The second-order valence-electron chi connectivity index (χ2n) is 11.9. The van der Waals surface area contributed by atoms with Gasteiger partial charge in [0.1, 0.15) is 5.82 Å². The summed E-state index contributed by atoms with van der Waals surface area (Å²) in [6, 6.07) is 18.5. The second kappa shape index (κ2) is 9.92. The third-order valence-corrected chi connectivity index (χ3v) is 9.81. The fraction of sp³-hybridized carbons (Fsp3) is 0.229. The molecule has 2 amide bonds. The first-order chi connectivity index (χ1) is 21.3. The van der Waals surface area contributed by atoms with Crippen LogP contribution in [0.3, 0.4) is 0 Å². The third-order valence-electron chi connectivity index (χ3n) is 9.58. The topological polar surface area (TPSA) is 93.6 Å². The second-order valence-corrected chi connectivity index (χ2v) is 12.4. The molecule has 1 aromatic heterocycles. The highest BCUT2D eigenvalue weighted by Crippen LogP contribution is 2.65. The number of ketones is 1. The Morgan fingerprint density at radius 2 is 1.55 bits per heavy atom. The van der Waals surface area contributed by atoms with E-state index in [-0.39, 0.29) is 46.6 Å². The van der Waals surface area contributed by atoms with E-state index in [1.807, 2.05) is 0 Å². The molecule has 5 aliphatic rings. The van der Waals surface area contributed by atoms with E-state index in [0.717, 1.165) is 18.6 Å². The van der Waals surface area contributed by atoms with Crippen LogP contribution in [0.2, 0.25) is 5.02 Å². The van der Waals surface area contributed by atoms with Crippen LogP contribution in [0.25, 0.3) is 22.2 Å². The minimum Gasteiger partial charge on any atom is -0.454 e. The first-order valence-corrected chi connectivity index (χ1v) is 14.9. The van der Waals surface area contributed by atoms with Gasteiger partial charge in [-0.3, -0.25) is 19.3 Å². The number of allylic oxidation sites excluding steroid dienone is 2. The number of hydrogen-bond acceptors (Lipinski definition) is 6. The quantitative estimate of drug-likeness (QED) is 0.111. The molecule has 2 saturated carbocycles. The van der Waals surface area contributed by atoms with Crippen molar-refractivity contribution in [3.05, 3.63) is 107 Å². The molecule has 0 radical (unpaired) electrons. The highest BCUT2D eigenvalue weighted by molar-refractivity contribution is 6.31. The fourth-order valence-corrected chi connectivity index (χ4v) is 7.61. The number of imide groups is 1. The van der Waals surface area contributed by atoms with Crippen LogP contribution in [0, 0.1) is 41.3 Å². The Kier molecular flexibility index (Phi) is 6.07. The van der Waals surface area contributed by atoms with Crippen molar-refractivity contribution in [3.63, 3.8) is 0 Å². The van der Waals surface area contributed by atoms with Crippen LogP contribution in [0.1, 0.15) is 27.1 Å². The van der Waals surface area contributed by atoms with Crippen LogP contribution in [-0.2, 0) is 14.3 Å². The number of hydrogen-bond donors (Lipinski definition) is 0. The lowest BCUT2D eigenvalue weighted by Gasteiger charge is -2.37. The predicted octanol–water partition coefficient (Wildman–Crippen LogP) is 6.29. The van der Waals surface area contributed by atoms with Crippen LogP contribution in [0.15, 0.2) is 84.9 Å². The number of amides is 2. The molecule has 2 heterocycles. The molecule has 3 aromatic carbocycles. The fourth-order valence-electron chi connectivity index (χ4n) is 7.44. The molecule has 1 saturated heterocycles. The summed E-state index contributed by atoms with van der Waals surface area (Å²) in [7, 11) is 0. The number of benzene rings is 3. The molecule has 9 heteroatoms. The Morgan fingerprint density at radius 3 is 2.20 bits per heavy atom. The summed E-state index contributed by atoms with van der Waals surface area (Å²) in [5.41, 5.74) is 2.50. The Labute approximate surface area is 256 Å². The SMILES string of the molecule is O=C(COC(=O)c1cc(-c2ccc(N3C(=O)C4C5C=CC(C6CC56)C4C3=O)cc2)nc2ccc(Cl)cc12)c1ccc(F)cc1. The standard InChI is InChI=1S/C35H24ClFN2O5/c36-19-5-12-28-26(13-19)27(35(43)44-16-30(40)18-1-6-20(37)7-2-18)15-29(38-28)17-3-8-21(9-4-17)39-33(41)31-22-10-11-23(25-14-24(22)25)32(31)34(39)42/h1-13,15,22-25,31-32H,14,16H2. The highest BCUT2D eigenvalue weighted by Gasteiger charge is 2.67. The summed E-state index contributed by atoms with van der Waals surface area (Å²) >= 11 is 6.22. The van der Waals surface area contributed by atoms with Crippen molar-refractivity contribution >= 4 is 51.8 Å². The number of anilines is 1. The number of Topliss-reactive ketones (excluding diaryl/α,β-unsaturated/α-hetero) is 1. The van der Waals surface area contributed by atoms with Gasteiger partial charge >= 0.3 is 5.97 Å². The van der Waals surface area contributed by atoms with Crippen LogP contribution in [-0.4, -0.2) is 35.2 Å². The maximum Gasteiger partial charge on any atom is 0.339 e. The number of pyridine rings is 1. The minimum atomic E-state index is -0.745. The molecule has 218 valence electrons. The van der Waals surface area contributed by atoms with Gasteiger partial charge in [0.25, 0.3) is 0 Å². The Morgan fingerprint density at radius 1 is 0.886 bits per heavy atom. The van der Waals surface area contributed by atoms with E-state index in [4.69, 9.17) is 21.3 Å². The molecule has 2 bridgehead atoms. The van der Waals surface area contributed by atoms with Gasteiger partial charge in [-0.25, -0.2) is 14.2 Å². The number of fused-ring (bicyclic) bond motifs is 1. The Balaban J connectivity index is 1.07. The number of rotatable bonds is 6. The van der Waals surface area contributed by atoms with E-state index in [1.165, 1.54) is 17.0 Å². The van der Waals surface area contributed by atoms with Gasteiger partial charge in [-0.2, -0.15) is 0 Å². The molecular formula is C35H24ClFN2O5. The summed E-state index contributed by atoms with van der Waals surface area (Å²) in [6.07, 6.45) is 5.41. The number of carbonyl (C=O) groups is 4. The molecule has 4 aliphatic carbocycles. The van der Waals surface area contributed by atoms with Crippen molar-refractivity contribution in [2.45, 2.75) is 6.42 Å². The molecular weight excluding hydrogens is 583 g/mol. The number of nitrogens with zero attached hydrogens (tertiary/aromatic N) is 2. The number of halogens is 2. The van der Waals surface area contributed by atoms with Crippen molar-refractivity contribution < 1.29 is 28.3 Å². The van der Waals surface area contributed by atoms with Crippen LogP contribution in [0.5, 0.6) is 0 Å². The zero-order chi connectivity index (χ0) is 30.3. The van der Waals surface area contributed by atoms with E-state index < -0.39 is 24.2 Å². The van der Waals surface area contributed by atoms with Crippen molar-refractivity contribution in [1.29, 1.82) is 0 Å². The van der Waals surface area contributed by atoms with Gasteiger partial charge in [0, 0.05) is 21.5 Å². The zero-order valence-electron chi connectivity index (χ0n) is 23.2. The smallest absolute Gasteiger partial charge is 0.339 e. The number of carbonyl (C=O) groups excluding carboxylic acids is 4. The highest BCUT2D eigenvalue weighted by atomic mass is 35.5. The van der Waals surface area contributed by atoms with E-state index >= 15 is 0 Å². The number of aromatic nitrogens is 1. The summed E-state index contributed by atoms with van der Waals surface area (Å²) in [6.45, 7) is -0.530. The zero-order valence-corrected chi connectivity index (χ0v) is 23.9. The van der Waals surface area contributed by atoms with E-state index in [2.05, 4.69) is 12.2 Å². The van der Waals surface area contributed by atoms with Gasteiger partial charge in [-0.1, -0.05) is 35.9 Å². The molecule has 6 unspecified atom stereocenters. The Bertz CT molecular complexity index is 1900. The van der Waals surface area contributed by atoms with Gasteiger partial charge in [0.2, 0.25) is 11.8 Å². The van der Waals surface area contributed by atoms with Crippen molar-refractivity contribution in [3.8, 4) is 11.3 Å². The summed E-state index contributed by atoms with van der Waals surface area (Å²) in [5.74, 6) is -1.15. The molecule has 1 aliphatic heterocycles. The van der Waals surface area contributed by atoms with Gasteiger partial charge in [0.15, 0.2) is 12.4 Å². The predicted molar refractivity (Wildman–Crippen MR) is 160 cm³/mol. The average molecular weight is 607 g/mol. The summed E-state index contributed by atoms with van der Waals surface area (Å²) in [5, 5.41) is 0.851. The van der Waals surface area contributed by atoms with E-state index in [0.29, 0.717) is 44.7 Å². The summed E-state index contributed by atoms with van der Waals surface area (Å²) in [4.78, 5) is 58.9. The van der Waals surface area contributed by atoms with E-state index in [1.54, 1.807) is 48.5 Å². The molecule has 9 rings (SSSR count). The first-order valence-electron chi connectivity index (χ1n) is 14.5. The third kappa shape index (κ3) is 4.19. The van der Waals surface area contributed by atoms with Gasteiger partial charge in [-0.05, 0) is 90.8 Å². The number of ether oxygens (including phenoxy) is 1. The van der Waals surface area contributed by atoms with Gasteiger partial charge in [0.05, 0.1) is 34.3 Å². The van der Waals surface area contributed by atoms with Gasteiger partial charge in [-0.15, -0.1) is 0 Å². The monoisotopic (exact) mass is 606 g/mol. The van der Waals surface area contributed by atoms with Gasteiger partial charge < -0.3 is 4.74 Å². The van der Waals surface area contributed by atoms with Crippen molar-refractivity contribution in [1.82, 2.24) is 4.98 Å². The molecule has 7 nitrogen and oxygen atoms in total. The van der Waals surface area contributed by atoms with Crippen molar-refractivity contribution in [2.24, 2.45) is 35.5 Å². The van der Waals surface area contributed by atoms with Crippen LogP contribution in [0.4, 0.5) is 10.1 Å². The normalized spacial score (nSPS) is 26.1. The lowest BCUT2D eigenvalue weighted by molar-refractivity contribution is -0.124. The van der Waals surface area contributed by atoms with Crippen LogP contribution < -0.4 is 4.90 Å². The maximum absolute atomic E-state index is 13.5. The molecule has 6 atom stereocenters. The molecule has 3 fully saturated rings. The summed E-state index contributed by atoms with van der Waals surface area (Å²) < 4.78 is 18.6. The largest absolute Gasteiger partial charge is 0.454 e. The van der Waals surface area contributed by atoms with Crippen molar-refractivity contribution in [2.75, 3.05) is 11.5 Å². The van der Waals surface area contributed by atoms with Crippen LogP contribution >= 0.6 is 11.6 Å². The first kappa shape index (κ1) is 26.9. The molecule has 44 heavy (non-hydrogen) atoms. The number of esters is 1.